The summed E-state index contributed by atoms with van der Waals surface area (Å²) in [5, 5.41) is 15.4. The molecule has 3 aromatic carbocycles. The molecule has 0 bridgehead atoms. The Kier molecular flexibility index (Phi) is 5.61. The standard InChI is InChI=1S/C25H21BrFN3O4/c1-29-13-19(23(30(32)33)25(29)20-7-2-3-8-21(20)28-24(25)31)18-12-16(26)9-10-22(18)34-14-15-5-4-6-17(27)11-15/h2-12,19,23H,13-14H2,1H3,(H,28,31)/t19-,23+,25-/m1/s1. The molecular weight excluding hydrogens is 505 g/mol. The molecule has 0 aromatic heterocycles. The van der Waals surface area contributed by atoms with Crippen LogP contribution in [0.2, 0.25) is 0 Å². The first-order chi connectivity index (χ1) is 16.3. The lowest BCUT2D eigenvalue weighted by Crippen LogP contribution is -2.54. The van der Waals surface area contributed by atoms with Gasteiger partial charge in [-0.05, 0) is 49.0 Å². The number of nitrogens with one attached hydrogen (secondary N) is 1. The number of nitrogens with zero attached hydrogens (tertiary/aromatic N) is 2. The largest absolute Gasteiger partial charge is 0.489 e. The SMILES string of the molecule is CN1C[C@H](c2cc(Br)ccc2OCc2cccc(F)c2)[C@H]([N+](=O)[O-])[C@]12C(=O)Nc1ccccc12. The van der Waals surface area contributed by atoms with Crippen LogP contribution in [-0.2, 0) is 16.9 Å². The maximum absolute atomic E-state index is 13.6. The minimum Gasteiger partial charge on any atom is -0.489 e. The number of fused-ring (bicyclic) bond motifs is 2. The maximum atomic E-state index is 13.6. The van der Waals surface area contributed by atoms with Crippen molar-refractivity contribution in [2.45, 2.75) is 24.1 Å². The summed E-state index contributed by atoms with van der Waals surface area (Å²) in [5.41, 5.74) is 1.01. The van der Waals surface area contributed by atoms with Gasteiger partial charge in [-0.1, -0.05) is 46.3 Å². The zero-order valence-corrected chi connectivity index (χ0v) is 19.8. The van der Waals surface area contributed by atoms with Crippen LogP contribution in [0.3, 0.4) is 0 Å². The molecule has 0 saturated carbocycles. The fourth-order valence-corrected chi connectivity index (χ4v) is 5.67. The number of anilines is 1. The number of hydrogen-bond donors (Lipinski definition) is 1. The fourth-order valence-electron chi connectivity index (χ4n) is 5.29. The molecule has 7 nitrogen and oxygen atoms in total. The third-order valence-corrected chi connectivity index (χ3v) is 7.19. The number of rotatable bonds is 5. The molecule has 1 N–H and O–H groups in total. The van der Waals surface area contributed by atoms with Crippen molar-refractivity contribution in [1.82, 2.24) is 4.90 Å². The lowest BCUT2D eigenvalue weighted by Gasteiger charge is -2.30. The van der Waals surface area contributed by atoms with E-state index >= 15 is 0 Å². The molecule has 0 unspecified atom stereocenters. The Bertz CT molecular complexity index is 1300. The smallest absolute Gasteiger partial charge is 0.256 e. The molecule has 1 amide bonds. The molecule has 2 heterocycles. The quantitative estimate of drug-likeness (QED) is 0.385. The van der Waals surface area contributed by atoms with E-state index in [1.54, 1.807) is 66.5 Å². The van der Waals surface area contributed by atoms with E-state index in [9.17, 15) is 19.3 Å². The van der Waals surface area contributed by atoms with Crippen molar-refractivity contribution < 1.29 is 18.8 Å². The van der Waals surface area contributed by atoms with Crippen molar-refractivity contribution in [1.29, 1.82) is 0 Å². The summed E-state index contributed by atoms with van der Waals surface area (Å²) in [5.74, 6) is -0.938. The van der Waals surface area contributed by atoms with E-state index in [-0.39, 0.29) is 23.9 Å². The number of benzene rings is 3. The molecule has 9 heteroatoms. The van der Waals surface area contributed by atoms with E-state index in [1.807, 2.05) is 0 Å². The van der Waals surface area contributed by atoms with E-state index in [1.165, 1.54) is 12.1 Å². The zero-order chi connectivity index (χ0) is 24.0. The number of nitro groups is 1. The van der Waals surface area contributed by atoms with Crippen molar-refractivity contribution >= 4 is 27.5 Å². The van der Waals surface area contributed by atoms with Crippen LogP contribution in [0.4, 0.5) is 10.1 Å². The van der Waals surface area contributed by atoms with Crippen LogP contribution >= 0.6 is 15.9 Å². The summed E-state index contributed by atoms with van der Waals surface area (Å²) in [6, 6.07) is 17.3. The van der Waals surface area contributed by atoms with Crippen LogP contribution in [0.15, 0.2) is 71.2 Å². The van der Waals surface area contributed by atoms with Gasteiger partial charge in [0, 0.05) is 32.8 Å². The molecule has 1 spiro atoms. The number of para-hydroxylation sites is 1. The number of likely N-dealkylation sites (tertiary alicyclic amines) is 1. The first kappa shape index (κ1) is 22.5. The number of carbonyl (C=O) groups is 1. The van der Waals surface area contributed by atoms with E-state index < -0.39 is 23.4 Å². The Morgan fingerprint density at radius 1 is 1.21 bits per heavy atom. The highest BCUT2D eigenvalue weighted by Crippen LogP contribution is 2.53. The summed E-state index contributed by atoms with van der Waals surface area (Å²) < 4.78 is 20.4. The average molecular weight is 526 g/mol. The number of ether oxygens (including phenoxy) is 1. The molecule has 0 aliphatic carbocycles. The van der Waals surface area contributed by atoms with Gasteiger partial charge in [0.1, 0.15) is 18.2 Å². The molecule has 5 rings (SSSR count). The molecule has 34 heavy (non-hydrogen) atoms. The lowest BCUT2D eigenvalue weighted by atomic mass is 9.79. The van der Waals surface area contributed by atoms with Crippen molar-refractivity contribution in [3.05, 3.63) is 104 Å². The molecule has 1 fully saturated rings. The van der Waals surface area contributed by atoms with Crippen LogP contribution in [0, 0.1) is 15.9 Å². The lowest BCUT2D eigenvalue weighted by molar-refractivity contribution is -0.534. The van der Waals surface area contributed by atoms with Crippen molar-refractivity contribution in [3.8, 4) is 5.75 Å². The highest BCUT2D eigenvalue weighted by molar-refractivity contribution is 9.10. The normalized spacial score (nSPS) is 23.7. The number of likely N-dealkylation sites (N-methyl/N-ethyl adjacent to an activating group) is 1. The molecule has 2 aliphatic rings. The molecule has 0 radical (unpaired) electrons. The van der Waals surface area contributed by atoms with Gasteiger partial charge >= 0.3 is 0 Å². The van der Waals surface area contributed by atoms with Gasteiger partial charge in [-0.2, -0.15) is 0 Å². The minimum atomic E-state index is -1.44. The summed E-state index contributed by atoms with van der Waals surface area (Å²) >= 11 is 3.47. The monoisotopic (exact) mass is 525 g/mol. The second-order valence-corrected chi connectivity index (χ2v) is 9.50. The van der Waals surface area contributed by atoms with Gasteiger partial charge in [0.25, 0.3) is 11.9 Å². The van der Waals surface area contributed by atoms with Crippen molar-refractivity contribution in [2.75, 3.05) is 18.9 Å². The first-order valence-electron chi connectivity index (χ1n) is 10.7. The predicted octanol–water partition coefficient (Wildman–Crippen LogP) is 4.69. The number of amides is 1. The van der Waals surface area contributed by atoms with Crippen LogP contribution in [-0.4, -0.2) is 35.4 Å². The Hall–Kier alpha value is -3.30. The van der Waals surface area contributed by atoms with Gasteiger partial charge in [-0.3, -0.25) is 19.8 Å². The average Bonchev–Trinajstić information content (AvgIpc) is 3.28. The topological polar surface area (TPSA) is 84.7 Å². The second-order valence-electron chi connectivity index (χ2n) is 8.58. The van der Waals surface area contributed by atoms with Crippen molar-refractivity contribution in [2.24, 2.45) is 0 Å². The molecule has 1 saturated heterocycles. The van der Waals surface area contributed by atoms with Gasteiger partial charge in [-0.25, -0.2) is 4.39 Å². The zero-order valence-electron chi connectivity index (χ0n) is 18.2. The second kappa shape index (κ2) is 8.48. The molecule has 2 aliphatic heterocycles. The van der Waals surface area contributed by atoms with Gasteiger partial charge in [0.2, 0.25) is 0 Å². The molecule has 3 atom stereocenters. The van der Waals surface area contributed by atoms with E-state index in [0.717, 1.165) is 4.47 Å². The summed E-state index contributed by atoms with van der Waals surface area (Å²) in [4.78, 5) is 27.3. The highest BCUT2D eigenvalue weighted by Gasteiger charge is 2.68. The van der Waals surface area contributed by atoms with Crippen LogP contribution in [0.1, 0.15) is 22.6 Å². The maximum Gasteiger partial charge on any atom is 0.256 e. The van der Waals surface area contributed by atoms with Gasteiger partial charge in [0.15, 0.2) is 5.54 Å². The Labute approximate surface area is 203 Å². The summed E-state index contributed by atoms with van der Waals surface area (Å²) in [6.07, 6.45) is 0. The van der Waals surface area contributed by atoms with E-state index in [4.69, 9.17) is 4.74 Å². The van der Waals surface area contributed by atoms with Gasteiger partial charge in [-0.15, -0.1) is 0 Å². The van der Waals surface area contributed by atoms with Crippen molar-refractivity contribution in [3.63, 3.8) is 0 Å². The molecule has 174 valence electrons. The number of carbonyl (C=O) groups excluding carboxylic acids is 1. The minimum absolute atomic E-state index is 0.104. The number of hydrogen-bond acceptors (Lipinski definition) is 5. The molecular formula is C25H21BrFN3O4. The van der Waals surface area contributed by atoms with Crippen LogP contribution < -0.4 is 10.1 Å². The Morgan fingerprint density at radius 2 is 2.00 bits per heavy atom. The van der Waals surface area contributed by atoms with E-state index in [2.05, 4.69) is 21.2 Å². The number of halogens is 2. The fraction of sp³-hybridized carbons (Fsp3) is 0.240. The predicted molar refractivity (Wildman–Crippen MR) is 128 cm³/mol. The highest BCUT2D eigenvalue weighted by atomic mass is 79.9. The first-order valence-corrected chi connectivity index (χ1v) is 11.5. The Morgan fingerprint density at radius 3 is 2.76 bits per heavy atom. The third kappa shape index (κ3) is 3.47. The summed E-state index contributed by atoms with van der Waals surface area (Å²) in [6.45, 7) is 0.382. The van der Waals surface area contributed by atoms with Crippen LogP contribution in [0.25, 0.3) is 0 Å². The molecule has 3 aromatic rings. The van der Waals surface area contributed by atoms with Crippen LogP contribution in [0.5, 0.6) is 5.75 Å². The Balaban J connectivity index is 1.57. The third-order valence-electron chi connectivity index (χ3n) is 6.70. The summed E-state index contributed by atoms with van der Waals surface area (Å²) in [7, 11) is 1.74. The van der Waals surface area contributed by atoms with Gasteiger partial charge < -0.3 is 10.1 Å². The van der Waals surface area contributed by atoms with E-state index in [0.29, 0.717) is 28.1 Å². The van der Waals surface area contributed by atoms with Gasteiger partial charge in [0.05, 0.1) is 5.92 Å².